The van der Waals surface area contributed by atoms with Crippen LogP contribution in [0.3, 0.4) is 0 Å². The molecule has 1 aliphatic heterocycles. The first-order valence-corrected chi connectivity index (χ1v) is 9.11. The van der Waals surface area contributed by atoms with Gasteiger partial charge >= 0.3 is 0 Å². The number of fused-ring (bicyclic) bond motifs is 1. The van der Waals surface area contributed by atoms with Gasteiger partial charge in [0.15, 0.2) is 5.65 Å². The summed E-state index contributed by atoms with van der Waals surface area (Å²) in [7, 11) is 0. The van der Waals surface area contributed by atoms with Crippen LogP contribution in [-0.2, 0) is 0 Å². The Hall–Kier alpha value is -1.96. The van der Waals surface area contributed by atoms with Gasteiger partial charge in [0.25, 0.3) is 0 Å². The predicted octanol–water partition coefficient (Wildman–Crippen LogP) is 3.68. The van der Waals surface area contributed by atoms with Crippen LogP contribution in [0, 0.1) is 3.57 Å². The zero-order valence-corrected chi connectivity index (χ0v) is 15.3. The van der Waals surface area contributed by atoms with Crippen LogP contribution in [0.5, 0.6) is 5.75 Å². The highest BCUT2D eigenvalue weighted by molar-refractivity contribution is 14.1. The van der Waals surface area contributed by atoms with Crippen LogP contribution in [0.15, 0.2) is 48.8 Å². The molecule has 0 radical (unpaired) electrons. The maximum Gasteiger partial charge on any atom is 0.180 e. The largest absolute Gasteiger partial charge is 0.489 e. The molecule has 1 aromatic carbocycles. The molecule has 0 atom stereocenters. The number of halogens is 1. The number of ether oxygens (including phenoxy) is 1. The Bertz CT molecular complexity index is 849. The number of benzene rings is 1. The first kappa shape index (κ1) is 15.6. The molecule has 0 spiro atoms. The Labute approximate surface area is 154 Å². The summed E-state index contributed by atoms with van der Waals surface area (Å²) in [5, 5.41) is 0. The number of nitrogens with zero attached hydrogens (tertiary/aromatic N) is 4. The molecule has 0 N–H and O–H groups in total. The van der Waals surface area contributed by atoms with Crippen molar-refractivity contribution in [3.05, 3.63) is 52.4 Å². The monoisotopic (exact) mass is 432 g/mol. The second kappa shape index (κ2) is 6.88. The van der Waals surface area contributed by atoms with Gasteiger partial charge in [-0.1, -0.05) is 12.1 Å². The number of hydrogen-bond donors (Lipinski definition) is 0. The summed E-state index contributed by atoms with van der Waals surface area (Å²) < 4.78 is 7.32. The SMILES string of the molecule is Ic1ccccc1OC1CCN(c2ccc3nccnc3n2)CC1. The van der Waals surface area contributed by atoms with Gasteiger partial charge in [-0.3, -0.25) is 4.98 Å². The summed E-state index contributed by atoms with van der Waals surface area (Å²) in [4.78, 5) is 15.5. The quantitative estimate of drug-likeness (QED) is 0.592. The van der Waals surface area contributed by atoms with Gasteiger partial charge in [0.05, 0.1) is 3.57 Å². The maximum absolute atomic E-state index is 6.16. The van der Waals surface area contributed by atoms with Crippen molar-refractivity contribution in [2.75, 3.05) is 18.0 Å². The van der Waals surface area contributed by atoms with E-state index in [-0.39, 0.29) is 6.10 Å². The molecule has 0 aliphatic carbocycles. The van der Waals surface area contributed by atoms with Crippen LogP contribution in [-0.4, -0.2) is 34.1 Å². The Morgan fingerprint density at radius 3 is 2.62 bits per heavy atom. The fourth-order valence-corrected chi connectivity index (χ4v) is 3.46. The van der Waals surface area contributed by atoms with Crippen molar-refractivity contribution in [3.63, 3.8) is 0 Å². The number of rotatable bonds is 3. The average Bonchev–Trinajstić information content (AvgIpc) is 2.64. The third kappa shape index (κ3) is 3.28. The van der Waals surface area contributed by atoms with Gasteiger partial charge in [-0.05, 0) is 46.9 Å². The first-order chi connectivity index (χ1) is 11.8. The zero-order valence-electron chi connectivity index (χ0n) is 13.1. The van der Waals surface area contributed by atoms with E-state index in [0.29, 0.717) is 5.65 Å². The Morgan fingerprint density at radius 2 is 1.79 bits per heavy atom. The molecule has 5 nitrogen and oxygen atoms in total. The first-order valence-electron chi connectivity index (χ1n) is 8.03. The average molecular weight is 432 g/mol. The van der Waals surface area contributed by atoms with Crippen molar-refractivity contribution in [1.29, 1.82) is 0 Å². The Kier molecular flexibility index (Phi) is 4.46. The summed E-state index contributed by atoms with van der Waals surface area (Å²) in [5.41, 5.74) is 1.53. The highest BCUT2D eigenvalue weighted by Crippen LogP contribution is 2.26. The number of para-hydroxylation sites is 1. The molecular formula is C18H17IN4O. The summed E-state index contributed by atoms with van der Waals surface area (Å²) in [6.07, 6.45) is 5.62. The lowest BCUT2D eigenvalue weighted by atomic mass is 10.1. The maximum atomic E-state index is 6.16. The minimum absolute atomic E-state index is 0.261. The number of piperidine rings is 1. The van der Waals surface area contributed by atoms with E-state index >= 15 is 0 Å². The molecule has 122 valence electrons. The van der Waals surface area contributed by atoms with Crippen LogP contribution in [0.2, 0.25) is 0 Å². The second-order valence-electron chi connectivity index (χ2n) is 5.80. The lowest BCUT2D eigenvalue weighted by molar-refractivity contribution is 0.169. The number of hydrogen-bond acceptors (Lipinski definition) is 5. The van der Waals surface area contributed by atoms with Gasteiger partial charge in [-0.15, -0.1) is 0 Å². The Balaban J connectivity index is 1.42. The third-order valence-corrected chi connectivity index (χ3v) is 5.10. The van der Waals surface area contributed by atoms with E-state index in [4.69, 9.17) is 4.74 Å². The molecule has 2 aromatic heterocycles. The highest BCUT2D eigenvalue weighted by atomic mass is 127. The minimum atomic E-state index is 0.261. The van der Waals surface area contributed by atoms with Gasteiger partial charge in [0, 0.05) is 38.3 Å². The van der Waals surface area contributed by atoms with E-state index < -0.39 is 0 Å². The fourth-order valence-electron chi connectivity index (χ4n) is 2.94. The van der Waals surface area contributed by atoms with Gasteiger partial charge in [-0.25, -0.2) is 9.97 Å². The van der Waals surface area contributed by atoms with Crippen molar-refractivity contribution in [2.24, 2.45) is 0 Å². The number of aromatic nitrogens is 3. The van der Waals surface area contributed by atoms with Crippen LogP contribution in [0.25, 0.3) is 11.2 Å². The van der Waals surface area contributed by atoms with Gasteiger partial charge in [0.1, 0.15) is 23.2 Å². The van der Waals surface area contributed by atoms with Crippen molar-refractivity contribution in [2.45, 2.75) is 18.9 Å². The van der Waals surface area contributed by atoms with Crippen molar-refractivity contribution >= 4 is 39.6 Å². The molecule has 0 saturated carbocycles. The molecule has 3 heterocycles. The van der Waals surface area contributed by atoms with Crippen LogP contribution >= 0.6 is 22.6 Å². The molecule has 0 amide bonds. The standard InChI is InChI=1S/C18H17IN4O/c19-14-3-1-2-4-16(14)24-13-7-11-23(12-8-13)17-6-5-15-18(22-17)21-10-9-20-15/h1-6,9-10,13H,7-8,11-12H2. The zero-order chi connectivity index (χ0) is 16.4. The van der Waals surface area contributed by atoms with Gasteiger partial charge < -0.3 is 9.64 Å². The van der Waals surface area contributed by atoms with Crippen LogP contribution < -0.4 is 9.64 Å². The molecule has 24 heavy (non-hydrogen) atoms. The molecular weight excluding hydrogens is 415 g/mol. The molecule has 6 heteroatoms. The summed E-state index contributed by atoms with van der Waals surface area (Å²) in [6.45, 7) is 1.87. The Morgan fingerprint density at radius 1 is 1.00 bits per heavy atom. The second-order valence-corrected chi connectivity index (χ2v) is 6.97. The summed E-state index contributed by atoms with van der Waals surface area (Å²) >= 11 is 2.32. The predicted molar refractivity (Wildman–Crippen MR) is 102 cm³/mol. The normalized spacial score (nSPS) is 15.6. The summed E-state index contributed by atoms with van der Waals surface area (Å²) in [6, 6.07) is 12.2. The molecule has 1 saturated heterocycles. The van der Waals surface area contributed by atoms with Gasteiger partial charge in [-0.2, -0.15) is 0 Å². The van der Waals surface area contributed by atoms with E-state index in [1.165, 1.54) is 0 Å². The van der Waals surface area contributed by atoms with Gasteiger partial charge in [0.2, 0.25) is 0 Å². The van der Waals surface area contributed by atoms with E-state index in [2.05, 4.69) is 48.5 Å². The minimum Gasteiger partial charge on any atom is -0.489 e. The van der Waals surface area contributed by atoms with E-state index in [1.807, 2.05) is 30.3 Å². The smallest absolute Gasteiger partial charge is 0.180 e. The molecule has 4 rings (SSSR count). The fraction of sp³-hybridized carbons (Fsp3) is 0.278. The molecule has 0 unspecified atom stereocenters. The molecule has 0 bridgehead atoms. The number of anilines is 1. The molecule has 1 fully saturated rings. The summed E-state index contributed by atoms with van der Waals surface area (Å²) in [5.74, 6) is 1.95. The van der Waals surface area contributed by atoms with Crippen molar-refractivity contribution in [3.8, 4) is 5.75 Å². The topological polar surface area (TPSA) is 51.1 Å². The van der Waals surface area contributed by atoms with Crippen molar-refractivity contribution < 1.29 is 4.74 Å². The molecule has 1 aliphatic rings. The van der Waals surface area contributed by atoms with E-state index in [1.54, 1.807) is 12.4 Å². The van der Waals surface area contributed by atoms with E-state index in [9.17, 15) is 0 Å². The third-order valence-electron chi connectivity index (χ3n) is 4.21. The highest BCUT2D eigenvalue weighted by Gasteiger charge is 2.22. The number of pyridine rings is 1. The lowest BCUT2D eigenvalue weighted by Crippen LogP contribution is -2.38. The van der Waals surface area contributed by atoms with Crippen molar-refractivity contribution in [1.82, 2.24) is 15.0 Å². The van der Waals surface area contributed by atoms with Crippen LogP contribution in [0.1, 0.15) is 12.8 Å². The lowest BCUT2D eigenvalue weighted by Gasteiger charge is -2.33. The molecule has 3 aromatic rings. The van der Waals surface area contributed by atoms with E-state index in [0.717, 1.165) is 46.6 Å². The van der Waals surface area contributed by atoms with Crippen LogP contribution in [0.4, 0.5) is 5.82 Å².